The van der Waals surface area contributed by atoms with Crippen LogP contribution in [0.1, 0.15) is 38.7 Å². The fourth-order valence-electron chi connectivity index (χ4n) is 3.50. The number of hydrogen-bond donors (Lipinski definition) is 3. The minimum Gasteiger partial charge on any atom is -0.383 e. The molecule has 7 nitrogen and oxygen atoms in total. The summed E-state index contributed by atoms with van der Waals surface area (Å²) in [7, 11) is 0. The summed E-state index contributed by atoms with van der Waals surface area (Å²) in [6.07, 6.45) is 5.01. The second-order valence-electron chi connectivity index (χ2n) is 7.75. The molecule has 1 aliphatic heterocycles. The van der Waals surface area contributed by atoms with Gasteiger partial charge in [0.1, 0.15) is 16.9 Å². The molecule has 0 bridgehead atoms. The van der Waals surface area contributed by atoms with Gasteiger partial charge in [0.15, 0.2) is 0 Å². The van der Waals surface area contributed by atoms with E-state index in [0.717, 1.165) is 18.7 Å². The number of benzene rings is 1. The average molecular weight is 458 g/mol. The van der Waals surface area contributed by atoms with Crippen LogP contribution >= 0.6 is 11.8 Å². The van der Waals surface area contributed by atoms with Crippen molar-refractivity contribution in [3.8, 4) is 6.07 Å². The molecule has 32 heavy (non-hydrogen) atoms. The Labute approximate surface area is 196 Å². The number of anilines is 1. The van der Waals surface area contributed by atoms with Crippen molar-refractivity contribution in [2.45, 2.75) is 44.8 Å². The van der Waals surface area contributed by atoms with Gasteiger partial charge in [-0.15, -0.1) is 11.8 Å². The third-order valence-electron chi connectivity index (χ3n) is 5.31. The summed E-state index contributed by atoms with van der Waals surface area (Å²) >= 11 is 1.18. The topological polar surface area (TPSA) is 97.3 Å². The van der Waals surface area contributed by atoms with Crippen LogP contribution in [0.15, 0.2) is 35.2 Å². The molecule has 0 spiro atoms. The molecular formula is C24H35N5O2S. The van der Waals surface area contributed by atoms with Gasteiger partial charge in [-0.2, -0.15) is 5.26 Å². The maximum atomic E-state index is 12.5. The fraction of sp³-hybridized carbons (Fsp3) is 0.542. The van der Waals surface area contributed by atoms with Gasteiger partial charge in [-0.05, 0) is 69.3 Å². The zero-order valence-corrected chi connectivity index (χ0v) is 20.0. The summed E-state index contributed by atoms with van der Waals surface area (Å²) in [5.41, 5.74) is 2.25. The Balaban J connectivity index is 1.91. The van der Waals surface area contributed by atoms with E-state index in [1.165, 1.54) is 55.1 Å². The third kappa shape index (κ3) is 8.93. The Bertz CT molecular complexity index is 798. The van der Waals surface area contributed by atoms with Crippen LogP contribution in [0.25, 0.3) is 0 Å². The Morgan fingerprint density at radius 1 is 1.12 bits per heavy atom. The second kappa shape index (κ2) is 14.5. The zero-order valence-electron chi connectivity index (χ0n) is 19.2. The monoisotopic (exact) mass is 457 g/mol. The number of hydrogen-bond acceptors (Lipinski definition) is 6. The number of thioether (sulfide) groups is 1. The highest BCUT2D eigenvalue weighted by Crippen LogP contribution is 2.18. The molecule has 1 aliphatic rings. The standard InChI is InChI=1S/C24H35N5O2S/c1-3-26-23(30)20(16-25)18-32-22(24(31)27-4-2)17-28-21-10-8-19(9-11-21)12-15-29-13-6-5-7-14-29/h8-11,18,22,28H,3-7,12-15,17H2,1-2H3,(H,26,30)(H,27,31)/b20-18-. The van der Waals surface area contributed by atoms with Gasteiger partial charge in [0, 0.05) is 31.9 Å². The first-order valence-corrected chi connectivity index (χ1v) is 12.4. The summed E-state index contributed by atoms with van der Waals surface area (Å²) in [4.78, 5) is 26.9. The van der Waals surface area contributed by atoms with E-state index < -0.39 is 11.2 Å². The molecule has 1 atom stereocenters. The smallest absolute Gasteiger partial charge is 0.262 e. The number of nitriles is 1. The van der Waals surface area contributed by atoms with Crippen LogP contribution < -0.4 is 16.0 Å². The Kier molecular flexibility index (Phi) is 11.7. The predicted molar refractivity (Wildman–Crippen MR) is 131 cm³/mol. The highest BCUT2D eigenvalue weighted by Gasteiger charge is 2.19. The first kappa shape index (κ1) is 25.8. The number of nitrogens with one attached hydrogen (secondary N) is 3. The lowest BCUT2D eigenvalue weighted by atomic mass is 10.1. The van der Waals surface area contributed by atoms with E-state index in [4.69, 9.17) is 0 Å². The minimum absolute atomic E-state index is 0.00390. The van der Waals surface area contributed by atoms with E-state index in [9.17, 15) is 14.9 Å². The van der Waals surface area contributed by atoms with Gasteiger partial charge in [-0.1, -0.05) is 18.6 Å². The van der Waals surface area contributed by atoms with Gasteiger partial charge in [0.2, 0.25) is 5.91 Å². The molecule has 1 aromatic carbocycles. The molecule has 0 aliphatic carbocycles. The SMILES string of the molecule is CCNC(=O)/C(C#N)=C\SC(CNc1ccc(CCN2CCCCC2)cc1)C(=O)NCC. The molecule has 0 radical (unpaired) electrons. The van der Waals surface area contributed by atoms with Crippen LogP contribution in [0.4, 0.5) is 5.69 Å². The predicted octanol–water partition coefficient (Wildman–Crippen LogP) is 2.91. The fourth-order valence-corrected chi connectivity index (χ4v) is 4.34. The summed E-state index contributed by atoms with van der Waals surface area (Å²) in [6, 6.07) is 10.2. The lowest BCUT2D eigenvalue weighted by Crippen LogP contribution is -2.36. The van der Waals surface area contributed by atoms with E-state index in [2.05, 4.69) is 33.0 Å². The van der Waals surface area contributed by atoms with E-state index in [-0.39, 0.29) is 11.5 Å². The Morgan fingerprint density at radius 3 is 2.44 bits per heavy atom. The van der Waals surface area contributed by atoms with Crippen molar-refractivity contribution in [1.29, 1.82) is 5.26 Å². The van der Waals surface area contributed by atoms with Crippen LogP contribution in [0.2, 0.25) is 0 Å². The highest BCUT2D eigenvalue weighted by atomic mass is 32.2. The highest BCUT2D eigenvalue weighted by molar-refractivity contribution is 8.03. The van der Waals surface area contributed by atoms with Gasteiger partial charge in [0.05, 0.1) is 0 Å². The van der Waals surface area contributed by atoms with Gasteiger partial charge in [-0.25, -0.2) is 0 Å². The van der Waals surface area contributed by atoms with Crippen molar-refractivity contribution >= 4 is 29.3 Å². The number of piperidine rings is 1. The number of rotatable bonds is 12. The normalized spacial score (nSPS) is 15.5. The molecule has 8 heteroatoms. The summed E-state index contributed by atoms with van der Waals surface area (Å²) < 4.78 is 0. The van der Waals surface area contributed by atoms with Crippen LogP contribution in [0, 0.1) is 11.3 Å². The lowest BCUT2D eigenvalue weighted by molar-refractivity contribution is -0.120. The first-order valence-electron chi connectivity index (χ1n) is 11.4. The lowest BCUT2D eigenvalue weighted by Gasteiger charge is -2.26. The minimum atomic E-state index is -0.466. The molecule has 1 aromatic rings. The number of likely N-dealkylation sites (tertiary alicyclic amines) is 1. The summed E-state index contributed by atoms with van der Waals surface area (Å²) in [6.45, 7) is 8.52. The molecule has 174 valence electrons. The molecule has 3 N–H and O–H groups in total. The maximum absolute atomic E-state index is 12.5. The van der Waals surface area contributed by atoms with Crippen molar-refractivity contribution in [3.63, 3.8) is 0 Å². The van der Waals surface area contributed by atoms with Gasteiger partial charge in [-0.3, -0.25) is 9.59 Å². The largest absolute Gasteiger partial charge is 0.383 e. The van der Waals surface area contributed by atoms with Gasteiger partial charge >= 0.3 is 0 Å². The quantitative estimate of drug-likeness (QED) is 0.330. The van der Waals surface area contributed by atoms with E-state index in [0.29, 0.717) is 19.6 Å². The maximum Gasteiger partial charge on any atom is 0.262 e. The molecule has 1 unspecified atom stereocenters. The summed E-state index contributed by atoms with van der Waals surface area (Å²) in [5, 5.41) is 19.0. The molecule has 0 saturated carbocycles. The molecule has 2 amide bonds. The third-order valence-corrected chi connectivity index (χ3v) is 6.39. The number of carbonyl (C=O) groups is 2. The van der Waals surface area contributed by atoms with Crippen LogP contribution in [0.3, 0.4) is 0 Å². The molecule has 2 rings (SSSR count). The van der Waals surface area contributed by atoms with Crippen LogP contribution in [-0.2, 0) is 16.0 Å². The number of carbonyl (C=O) groups excluding carboxylic acids is 2. The zero-order chi connectivity index (χ0) is 23.2. The van der Waals surface area contributed by atoms with Crippen molar-refractivity contribution in [1.82, 2.24) is 15.5 Å². The van der Waals surface area contributed by atoms with Gasteiger partial charge in [0.25, 0.3) is 5.91 Å². The molecule has 1 fully saturated rings. The number of nitrogens with zero attached hydrogens (tertiary/aromatic N) is 2. The molecule has 0 aromatic heterocycles. The Hall–Kier alpha value is -2.50. The number of amides is 2. The average Bonchev–Trinajstić information content (AvgIpc) is 2.81. The van der Waals surface area contributed by atoms with Crippen LogP contribution in [0.5, 0.6) is 0 Å². The van der Waals surface area contributed by atoms with E-state index in [1.807, 2.05) is 25.1 Å². The van der Waals surface area contributed by atoms with Crippen molar-refractivity contribution in [2.75, 3.05) is 44.6 Å². The first-order chi connectivity index (χ1) is 15.6. The second-order valence-corrected chi connectivity index (χ2v) is 8.83. The molecule has 1 heterocycles. The summed E-state index contributed by atoms with van der Waals surface area (Å²) in [5.74, 6) is -0.558. The van der Waals surface area contributed by atoms with Crippen molar-refractivity contribution in [3.05, 3.63) is 40.8 Å². The Morgan fingerprint density at radius 2 is 1.81 bits per heavy atom. The number of likely N-dealkylation sites (N-methyl/N-ethyl adjacent to an activating group) is 1. The van der Waals surface area contributed by atoms with E-state index in [1.54, 1.807) is 6.92 Å². The molecule has 1 saturated heterocycles. The van der Waals surface area contributed by atoms with Gasteiger partial charge < -0.3 is 20.9 Å². The van der Waals surface area contributed by atoms with Crippen LogP contribution in [-0.4, -0.2) is 61.2 Å². The van der Waals surface area contributed by atoms with Crippen molar-refractivity contribution < 1.29 is 9.59 Å². The van der Waals surface area contributed by atoms with Crippen molar-refractivity contribution in [2.24, 2.45) is 0 Å². The van der Waals surface area contributed by atoms with E-state index >= 15 is 0 Å². The molecular weight excluding hydrogens is 422 g/mol.